The molecule has 0 fully saturated rings. The third-order valence-corrected chi connectivity index (χ3v) is 5.41. The van der Waals surface area contributed by atoms with Crippen molar-refractivity contribution in [1.82, 2.24) is 29.9 Å². The summed E-state index contributed by atoms with van der Waals surface area (Å²) in [5, 5.41) is 11.5. The topological polar surface area (TPSA) is 121 Å². The number of amides is 1. The van der Waals surface area contributed by atoms with Crippen LogP contribution in [0.1, 0.15) is 27.2 Å². The first kappa shape index (κ1) is 21.2. The SMILES string of the molecule is Cn1ncc2cc(-c3nn(-c4cccc5c4C=CNC5=C=O)c(C(F)(F)F)c3C(N)=O)cnc21. The molecule has 3 N–H and O–H groups in total. The van der Waals surface area contributed by atoms with E-state index in [1.165, 1.54) is 47.6 Å². The Balaban J connectivity index is 1.84. The van der Waals surface area contributed by atoms with E-state index in [0.717, 1.165) is 0 Å². The van der Waals surface area contributed by atoms with Crippen molar-refractivity contribution in [3.8, 4) is 16.9 Å². The quantitative estimate of drug-likeness (QED) is 0.449. The fourth-order valence-electron chi connectivity index (χ4n) is 3.96. The van der Waals surface area contributed by atoms with Crippen LogP contribution in [0.2, 0.25) is 0 Å². The predicted molar refractivity (Wildman–Crippen MR) is 116 cm³/mol. The molecule has 0 atom stereocenters. The number of nitrogens with one attached hydrogen (secondary N) is 1. The van der Waals surface area contributed by atoms with Gasteiger partial charge < -0.3 is 11.1 Å². The van der Waals surface area contributed by atoms with E-state index in [1.807, 2.05) is 0 Å². The molecule has 1 aromatic carbocycles. The molecule has 0 bridgehead atoms. The van der Waals surface area contributed by atoms with Crippen molar-refractivity contribution in [2.75, 3.05) is 0 Å². The molecule has 0 unspecified atom stereocenters. The molecule has 1 aliphatic rings. The van der Waals surface area contributed by atoms with Gasteiger partial charge in [-0.2, -0.15) is 23.4 Å². The zero-order valence-electron chi connectivity index (χ0n) is 17.4. The molecule has 5 rings (SSSR count). The van der Waals surface area contributed by atoms with E-state index in [2.05, 4.69) is 20.5 Å². The number of carbonyl (C=O) groups excluding carboxylic acids is 2. The summed E-state index contributed by atoms with van der Waals surface area (Å²) in [4.78, 5) is 27.9. The van der Waals surface area contributed by atoms with Crippen molar-refractivity contribution in [1.29, 1.82) is 0 Å². The van der Waals surface area contributed by atoms with Gasteiger partial charge in [-0.1, -0.05) is 12.1 Å². The summed E-state index contributed by atoms with van der Waals surface area (Å²) < 4.78 is 45.1. The summed E-state index contributed by atoms with van der Waals surface area (Å²) in [6, 6.07) is 5.96. The number of alkyl halides is 3. The van der Waals surface area contributed by atoms with Gasteiger partial charge in [-0.15, -0.1) is 0 Å². The van der Waals surface area contributed by atoms with Gasteiger partial charge in [0.2, 0.25) is 0 Å². The maximum atomic E-state index is 14.3. The fraction of sp³-hybridized carbons (Fsp3) is 0.0909. The van der Waals surface area contributed by atoms with Gasteiger partial charge >= 0.3 is 6.18 Å². The Morgan fingerprint density at radius 3 is 2.74 bits per heavy atom. The maximum absolute atomic E-state index is 14.3. The molecule has 3 aromatic heterocycles. The van der Waals surface area contributed by atoms with Crippen molar-refractivity contribution in [2.45, 2.75) is 6.18 Å². The van der Waals surface area contributed by atoms with Crippen molar-refractivity contribution in [3.05, 3.63) is 65.2 Å². The van der Waals surface area contributed by atoms with Crippen LogP contribution in [-0.4, -0.2) is 36.4 Å². The van der Waals surface area contributed by atoms with E-state index in [9.17, 15) is 22.8 Å². The molecule has 4 heterocycles. The van der Waals surface area contributed by atoms with Gasteiger partial charge in [-0.05, 0) is 18.2 Å². The lowest BCUT2D eigenvalue weighted by molar-refractivity contribution is -0.143. The number of aromatic nitrogens is 5. The molecular weight excluding hydrogens is 451 g/mol. The zero-order chi connectivity index (χ0) is 24.2. The van der Waals surface area contributed by atoms with E-state index < -0.39 is 23.3 Å². The van der Waals surface area contributed by atoms with E-state index in [0.29, 0.717) is 21.3 Å². The number of rotatable bonds is 3. The summed E-state index contributed by atoms with van der Waals surface area (Å²) in [7, 11) is 1.67. The summed E-state index contributed by atoms with van der Waals surface area (Å²) in [5.41, 5.74) is 4.37. The number of benzene rings is 1. The van der Waals surface area contributed by atoms with Gasteiger partial charge in [0.1, 0.15) is 11.4 Å². The minimum atomic E-state index is -4.98. The molecule has 170 valence electrons. The summed E-state index contributed by atoms with van der Waals surface area (Å²) in [6.07, 6.45) is 0.722. The Hall–Kier alpha value is -4.70. The second kappa shape index (κ2) is 7.42. The summed E-state index contributed by atoms with van der Waals surface area (Å²) >= 11 is 0. The lowest BCUT2D eigenvalue weighted by Crippen LogP contribution is -2.22. The van der Waals surface area contributed by atoms with Crippen LogP contribution in [0.5, 0.6) is 0 Å². The highest BCUT2D eigenvalue weighted by atomic mass is 19.4. The number of aryl methyl sites for hydroxylation is 1. The van der Waals surface area contributed by atoms with Crippen molar-refractivity contribution < 1.29 is 22.8 Å². The van der Waals surface area contributed by atoms with Crippen LogP contribution in [0.3, 0.4) is 0 Å². The van der Waals surface area contributed by atoms with Crippen molar-refractivity contribution in [3.63, 3.8) is 0 Å². The molecule has 0 saturated carbocycles. The number of hydrogen-bond donors (Lipinski definition) is 2. The minimum absolute atomic E-state index is 0.000472. The Labute approximate surface area is 189 Å². The average Bonchev–Trinajstić information content (AvgIpc) is 3.39. The molecule has 12 heteroatoms. The van der Waals surface area contributed by atoms with Crippen LogP contribution < -0.4 is 11.1 Å². The number of hydrogen-bond acceptors (Lipinski definition) is 6. The van der Waals surface area contributed by atoms with Crippen molar-refractivity contribution >= 4 is 34.7 Å². The molecule has 9 nitrogen and oxygen atoms in total. The van der Waals surface area contributed by atoms with E-state index in [4.69, 9.17) is 5.73 Å². The van der Waals surface area contributed by atoms with E-state index in [1.54, 1.807) is 19.1 Å². The Morgan fingerprint density at radius 1 is 1.24 bits per heavy atom. The second-order valence-electron chi connectivity index (χ2n) is 7.44. The molecular formula is C22H14F3N7O2. The van der Waals surface area contributed by atoms with Crippen LogP contribution in [0.25, 0.3) is 39.8 Å². The highest BCUT2D eigenvalue weighted by Crippen LogP contribution is 2.40. The smallest absolute Gasteiger partial charge is 0.365 e. The third kappa shape index (κ3) is 3.16. The van der Waals surface area contributed by atoms with Crippen LogP contribution in [0, 0.1) is 0 Å². The lowest BCUT2D eigenvalue weighted by Gasteiger charge is -2.18. The maximum Gasteiger partial charge on any atom is 0.434 e. The second-order valence-corrected chi connectivity index (χ2v) is 7.44. The predicted octanol–water partition coefficient (Wildman–Crippen LogP) is 2.69. The number of nitrogens with zero attached hydrogens (tertiary/aromatic N) is 5. The number of halogens is 3. The molecule has 4 aromatic rings. The first-order valence-electron chi connectivity index (χ1n) is 9.80. The number of fused-ring (bicyclic) bond motifs is 2. The Bertz CT molecular complexity index is 1570. The number of pyridine rings is 1. The van der Waals surface area contributed by atoms with Gasteiger partial charge in [-0.25, -0.2) is 14.5 Å². The molecule has 0 saturated heterocycles. The highest BCUT2D eigenvalue weighted by Gasteiger charge is 2.43. The van der Waals surface area contributed by atoms with E-state index >= 15 is 0 Å². The minimum Gasteiger partial charge on any atom is -0.365 e. The van der Waals surface area contributed by atoms with Gasteiger partial charge in [0.15, 0.2) is 17.3 Å². The Kier molecular flexibility index (Phi) is 4.62. The number of nitrogens with two attached hydrogens (primary N) is 1. The average molecular weight is 465 g/mol. The standard InChI is InChI=1S/C22H14F3N7O2/c1-31-21-12(9-29-31)7-11(8-28-21)18-17(20(26)34)19(22(23,24)25)32(30-18)16-4-2-3-13-14(16)5-6-27-15(13)10-33/h2-9,27H,1H3,(H2,26,34). The molecule has 0 aliphatic carbocycles. The van der Waals surface area contributed by atoms with Gasteiger partial charge in [0, 0.05) is 41.5 Å². The molecule has 34 heavy (non-hydrogen) atoms. The normalized spacial score (nSPS) is 13.0. The monoisotopic (exact) mass is 465 g/mol. The zero-order valence-corrected chi connectivity index (χ0v) is 17.4. The molecule has 1 aliphatic heterocycles. The largest absolute Gasteiger partial charge is 0.434 e. The van der Waals surface area contributed by atoms with Gasteiger partial charge in [0.25, 0.3) is 5.91 Å². The van der Waals surface area contributed by atoms with Crippen LogP contribution in [0.4, 0.5) is 13.2 Å². The van der Waals surface area contributed by atoms with E-state index in [-0.39, 0.29) is 28.2 Å². The number of carbonyl (C=O) groups is 1. The molecule has 0 spiro atoms. The van der Waals surface area contributed by atoms with Crippen LogP contribution >= 0.6 is 0 Å². The van der Waals surface area contributed by atoms with Crippen LogP contribution in [0.15, 0.2) is 42.9 Å². The van der Waals surface area contributed by atoms with Gasteiger partial charge in [-0.3, -0.25) is 9.48 Å². The third-order valence-electron chi connectivity index (χ3n) is 5.41. The van der Waals surface area contributed by atoms with Crippen molar-refractivity contribution in [2.24, 2.45) is 12.8 Å². The molecule has 1 amide bonds. The first-order valence-corrected chi connectivity index (χ1v) is 9.80. The number of primary amides is 1. The first-order chi connectivity index (χ1) is 16.2. The lowest BCUT2D eigenvalue weighted by atomic mass is 10.00. The Morgan fingerprint density at radius 2 is 2.03 bits per heavy atom. The van der Waals surface area contributed by atoms with Gasteiger partial charge in [0.05, 0.1) is 17.4 Å². The fourth-order valence-corrected chi connectivity index (χ4v) is 3.96. The highest BCUT2D eigenvalue weighted by molar-refractivity contribution is 6.01. The van der Waals surface area contributed by atoms with Crippen LogP contribution in [-0.2, 0) is 18.0 Å². The molecule has 0 radical (unpaired) electrons. The summed E-state index contributed by atoms with van der Waals surface area (Å²) in [6.45, 7) is 0. The summed E-state index contributed by atoms with van der Waals surface area (Å²) in [5.74, 6) is 0.429.